The van der Waals surface area contributed by atoms with Crippen molar-refractivity contribution in [3.8, 4) is 11.5 Å². The summed E-state index contributed by atoms with van der Waals surface area (Å²) in [4.78, 5) is 0. The van der Waals surface area contributed by atoms with Crippen LogP contribution in [0.1, 0.15) is 27.2 Å². The van der Waals surface area contributed by atoms with E-state index in [1.54, 1.807) is 0 Å². The van der Waals surface area contributed by atoms with Crippen LogP contribution in [-0.2, 0) is 4.43 Å². The van der Waals surface area contributed by atoms with Crippen LogP contribution in [0.4, 0.5) is 0 Å². The van der Waals surface area contributed by atoms with E-state index in [4.69, 9.17) is 4.43 Å². The minimum absolute atomic E-state index is 0.300. The van der Waals surface area contributed by atoms with Crippen LogP contribution < -0.4 is 0 Å². The topological polar surface area (TPSA) is 9.23 Å². The summed E-state index contributed by atoms with van der Waals surface area (Å²) < 4.78 is 6.09. The monoisotopic (exact) mass is 282 g/mol. The van der Waals surface area contributed by atoms with Gasteiger partial charge in [0.05, 0.1) is 0 Å². The van der Waals surface area contributed by atoms with Crippen molar-refractivity contribution < 1.29 is 4.43 Å². The fourth-order valence-corrected chi connectivity index (χ4v) is 2.58. The normalized spacial score (nSPS) is 13.6. The average Bonchev–Trinajstić information content (AvgIpc) is 2.12. The lowest BCUT2D eigenvalue weighted by Crippen LogP contribution is -2.40. The van der Waals surface area contributed by atoms with Crippen molar-refractivity contribution in [2.75, 3.05) is 6.61 Å². The SMILES string of the molecule is CC(C)(C)[Si](C)(C)OCC/C=C/C#C[Si](C)(C)C. The first-order valence-corrected chi connectivity index (χ1v) is 13.2. The second kappa shape index (κ2) is 6.74. The van der Waals surface area contributed by atoms with Gasteiger partial charge in [-0.2, -0.15) is 0 Å². The van der Waals surface area contributed by atoms with Gasteiger partial charge in [0, 0.05) is 6.61 Å². The fourth-order valence-electron chi connectivity index (χ4n) is 0.999. The van der Waals surface area contributed by atoms with Crippen LogP contribution in [0.25, 0.3) is 0 Å². The first-order valence-electron chi connectivity index (χ1n) is 6.77. The molecule has 0 N–H and O–H groups in total. The van der Waals surface area contributed by atoms with Crippen LogP contribution in [0.3, 0.4) is 0 Å². The van der Waals surface area contributed by atoms with Gasteiger partial charge in [-0.15, -0.1) is 5.54 Å². The number of rotatable bonds is 4. The molecule has 0 aliphatic carbocycles. The molecular weight excluding hydrogens is 252 g/mol. The Bertz CT molecular complexity index is 332. The summed E-state index contributed by atoms with van der Waals surface area (Å²) >= 11 is 0. The van der Waals surface area contributed by atoms with Gasteiger partial charge in [0.25, 0.3) is 0 Å². The minimum Gasteiger partial charge on any atom is -0.417 e. The highest BCUT2D eigenvalue weighted by Gasteiger charge is 2.36. The molecule has 0 aromatic rings. The van der Waals surface area contributed by atoms with Crippen LogP contribution in [0.5, 0.6) is 0 Å². The van der Waals surface area contributed by atoms with Gasteiger partial charge in [-0.1, -0.05) is 52.4 Å². The van der Waals surface area contributed by atoms with Crippen molar-refractivity contribution in [2.24, 2.45) is 0 Å². The smallest absolute Gasteiger partial charge is 0.191 e. The van der Waals surface area contributed by atoms with E-state index in [0.717, 1.165) is 13.0 Å². The van der Waals surface area contributed by atoms with Crippen LogP contribution in [0.2, 0.25) is 37.8 Å². The molecule has 0 unspecified atom stereocenters. The lowest BCUT2D eigenvalue weighted by Gasteiger charge is -2.36. The lowest BCUT2D eigenvalue weighted by atomic mass is 10.2. The van der Waals surface area contributed by atoms with Crippen molar-refractivity contribution >= 4 is 16.4 Å². The Morgan fingerprint density at radius 3 is 2.06 bits per heavy atom. The molecule has 0 heterocycles. The van der Waals surface area contributed by atoms with E-state index in [2.05, 4.69) is 71.0 Å². The molecule has 0 aromatic carbocycles. The molecule has 104 valence electrons. The van der Waals surface area contributed by atoms with Crippen molar-refractivity contribution in [3.63, 3.8) is 0 Å². The van der Waals surface area contributed by atoms with Gasteiger partial charge < -0.3 is 4.43 Å². The Balaban J connectivity index is 4.01. The summed E-state index contributed by atoms with van der Waals surface area (Å²) in [5.41, 5.74) is 3.32. The largest absolute Gasteiger partial charge is 0.417 e. The molecule has 0 radical (unpaired) electrons. The molecule has 0 saturated carbocycles. The van der Waals surface area contributed by atoms with E-state index in [9.17, 15) is 0 Å². The Hall–Kier alpha value is -0.306. The molecule has 0 spiro atoms. The van der Waals surface area contributed by atoms with Crippen LogP contribution in [-0.4, -0.2) is 23.0 Å². The molecule has 0 fully saturated rings. The maximum Gasteiger partial charge on any atom is 0.191 e. The molecule has 0 rings (SSSR count). The quantitative estimate of drug-likeness (QED) is 0.407. The summed E-state index contributed by atoms with van der Waals surface area (Å²) in [6.07, 6.45) is 5.07. The molecule has 0 aromatic heterocycles. The molecule has 0 aliphatic rings. The minimum atomic E-state index is -1.57. The molecule has 3 heteroatoms. The van der Waals surface area contributed by atoms with Crippen LogP contribution in [0.15, 0.2) is 12.2 Å². The lowest BCUT2D eigenvalue weighted by molar-refractivity contribution is 0.294. The zero-order valence-electron chi connectivity index (χ0n) is 13.5. The van der Waals surface area contributed by atoms with E-state index in [-0.39, 0.29) is 0 Å². The van der Waals surface area contributed by atoms with E-state index >= 15 is 0 Å². The predicted molar refractivity (Wildman–Crippen MR) is 88.0 cm³/mol. The summed E-state index contributed by atoms with van der Waals surface area (Å²) in [5.74, 6) is 3.14. The Morgan fingerprint density at radius 2 is 1.61 bits per heavy atom. The molecule has 18 heavy (non-hydrogen) atoms. The van der Waals surface area contributed by atoms with Crippen molar-refractivity contribution in [1.82, 2.24) is 0 Å². The summed E-state index contributed by atoms with van der Waals surface area (Å²) in [6.45, 7) is 19.0. The van der Waals surface area contributed by atoms with E-state index in [1.807, 2.05) is 6.08 Å². The summed E-state index contributed by atoms with van der Waals surface area (Å²) in [6, 6.07) is 0. The van der Waals surface area contributed by atoms with Crippen LogP contribution in [0, 0.1) is 11.5 Å². The van der Waals surface area contributed by atoms with E-state index < -0.39 is 16.4 Å². The van der Waals surface area contributed by atoms with Gasteiger partial charge in [0.2, 0.25) is 0 Å². The molecular formula is C15H30OSi2. The molecule has 0 atom stereocenters. The van der Waals surface area contributed by atoms with Gasteiger partial charge in [0.15, 0.2) is 8.32 Å². The molecule has 1 nitrogen and oxygen atoms in total. The molecule has 0 amide bonds. The van der Waals surface area contributed by atoms with Gasteiger partial charge in [-0.25, -0.2) is 0 Å². The highest BCUT2D eigenvalue weighted by Crippen LogP contribution is 2.36. The standard InChI is InChI=1S/C15H30OSi2/c1-15(2,3)18(7,8)16-13-11-9-10-12-14-17(4,5)6/h9-10H,11,13H2,1-8H3/b10-9+. The Morgan fingerprint density at radius 1 is 1.06 bits per heavy atom. The number of hydrogen-bond donors (Lipinski definition) is 0. The first kappa shape index (κ1) is 17.7. The van der Waals surface area contributed by atoms with Gasteiger partial charge >= 0.3 is 0 Å². The van der Waals surface area contributed by atoms with E-state index in [1.165, 1.54) is 0 Å². The summed E-state index contributed by atoms with van der Waals surface area (Å²) in [7, 11) is -2.78. The van der Waals surface area contributed by atoms with Crippen molar-refractivity contribution in [3.05, 3.63) is 12.2 Å². The van der Waals surface area contributed by atoms with Crippen molar-refractivity contribution in [1.29, 1.82) is 0 Å². The first-order chi connectivity index (χ1) is 7.96. The van der Waals surface area contributed by atoms with Crippen molar-refractivity contribution in [2.45, 2.75) is 65.0 Å². The third-order valence-electron chi connectivity index (χ3n) is 3.20. The maximum atomic E-state index is 6.09. The number of hydrogen-bond acceptors (Lipinski definition) is 1. The zero-order valence-corrected chi connectivity index (χ0v) is 15.5. The maximum absolute atomic E-state index is 6.09. The zero-order chi connectivity index (χ0) is 14.4. The van der Waals surface area contributed by atoms with E-state index in [0.29, 0.717) is 5.04 Å². The summed E-state index contributed by atoms with van der Waals surface area (Å²) in [5, 5.41) is 0.300. The molecule has 0 bridgehead atoms. The molecule has 0 aliphatic heterocycles. The molecule has 0 saturated heterocycles. The fraction of sp³-hybridized carbons (Fsp3) is 0.733. The Kier molecular flexibility index (Phi) is 6.63. The third kappa shape index (κ3) is 7.91. The van der Waals surface area contributed by atoms with Gasteiger partial charge in [0.1, 0.15) is 8.07 Å². The second-order valence-corrected chi connectivity index (χ2v) is 16.9. The third-order valence-corrected chi connectivity index (χ3v) is 8.63. The Labute approximate surface area is 116 Å². The highest BCUT2D eigenvalue weighted by molar-refractivity contribution is 6.83. The van der Waals surface area contributed by atoms with Crippen LogP contribution >= 0.6 is 0 Å². The predicted octanol–water partition coefficient (Wildman–Crippen LogP) is 4.84. The number of allylic oxidation sites excluding steroid dienone is 1. The average molecular weight is 283 g/mol. The van der Waals surface area contributed by atoms with Gasteiger partial charge in [-0.3, -0.25) is 0 Å². The second-order valence-electron chi connectivity index (χ2n) is 7.32. The van der Waals surface area contributed by atoms with Gasteiger partial charge in [-0.05, 0) is 30.6 Å². The highest BCUT2D eigenvalue weighted by atomic mass is 28.4.